The summed E-state index contributed by atoms with van der Waals surface area (Å²) in [5, 5.41) is 28.0. The third-order valence-electron chi connectivity index (χ3n) is 4.33. The van der Waals surface area contributed by atoms with Crippen LogP contribution in [-0.4, -0.2) is 28.4 Å². The maximum absolute atomic E-state index is 13.3. The van der Waals surface area contributed by atoms with Crippen molar-refractivity contribution in [3.8, 4) is 0 Å². The number of carbonyl (C=O) groups excluding carboxylic acids is 2. The monoisotopic (exact) mass is 393 g/mol. The molecule has 2 amide bonds. The second kappa shape index (κ2) is 7.41. The molecule has 1 unspecified atom stereocenters. The van der Waals surface area contributed by atoms with Gasteiger partial charge >= 0.3 is 17.5 Å². The molecule has 1 aromatic heterocycles. The molecule has 1 atom stereocenters. The van der Waals surface area contributed by atoms with Gasteiger partial charge in [-0.25, -0.2) is 0 Å². The Morgan fingerprint density at radius 3 is 2.67 bits per heavy atom. The second-order valence-corrected chi connectivity index (χ2v) is 7.18. The first-order chi connectivity index (χ1) is 12.8. The van der Waals surface area contributed by atoms with Crippen molar-refractivity contribution in [3.63, 3.8) is 0 Å². The van der Waals surface area contributed by atoms with E-state index in [1.54, 1.807) is 12.1 Å². The third-order valence-corrected chi connectivity index (χ3v) is 5.36. The van der Waals surface area contributed by atoms with Gasteiger partial charge in [-0.15, -0.1) is 11.3 Å². The molecule has 3 rings (SSSR count). The molecule has 27 heavy (non-hydrogen) atoms. The maximum atomic E-state index is 13.3. The topological polar surface area (TPSA) is 122 Å². The lowest BCUT2D eigenvalue weighted by atomic mass is 9.95. The standard InChI is InChI=1S/C17H16FN3O5S/c18-12-6-5-11(8-13(12)21(25)26)20-16(23)15(22)19-9-17(24,10-3-4-10)14-2-1-7-27-14/h1-2,5-8,10,24H,3-4,9H2,(H,19,22)(H,20,23). The van der Waals surface area contributed by atoms with Crippen LogP contribution in [0.4, 0.5) is 15.8 Å². The van der Waals surface area contributed by atoms with Crippen LogP contribution in [0.15, 0.2) is 35.7 Å². The highest BCUT2D eigenvalue weighted by atomic mass is 32.1. The van der Waals surface area contributed by atoms with E-state index in [1.165, 1.54) is 11.3 Å². The first-order valence-corrected chi connectivity index (χ1v) is 8.98. The van der Waals surface area contributed by atoms with Gasteiger partial charge in [0.05, 0.1) is 11.5 Å². The number of aliphatic hydroxyl groups is 1. The summed E-state index contributed by atoms with van der Waals surface area (Å²) in [5.41, 5.74) is -2.13. The van der Waals surface area contributed by atoms with E-state index in [-0.39, 0.29) is 18.2 Å². The van der Waals surface area contributed by atoms with Crippen LogP contribution >= 0.6 is 11.3 Å². The van der Waals surface area contributed by atoms with Crippen LogP contribution in [-0.2, 0) is 15.2 Å². The number of nitro benzene ring substituents is 1. The molecular formula is C17H16FN3O5S. The molecule has 1 fully saturated rings. The SMILES string of the molecule is O=C(NCC(O)(c1cccs1)C1CC1)C(=O)Nc1ccc(F)c([N+](=O)[O-])c1. The molecule has 1 aliphatic carbocycles. The van der Waals surface area contributed by atoms with Crippen molar-refractivity contribution < 1.29 is 24.0 Å². The van der Waals surface area contributed by atoms with Crippen molar-refractivity contribution in [2.24, 2.45) is 5.92 Å². The van der Waals surface area contributed by atoms with Gasteiger partial charge in [0.2, 0.25) is 5.82 Å². The minimum Gasteiger partial charge on any atom is -0.382 e. The number of halogens is 1. The first kappa shape index (κ1) is 18.9. The summed E-state index contributed by atoms with van der Waals surface area (Å²) in [6.45, 7) is -0.131. The molecule has 2 aromatic rings. The number of nitrogens with one attached hydrogen (secondary N) is 2. The number of thiophene rings is 1. The van der Waals surface area contributed by atoms with Gasteiger partial charge in [-0.05, 0) is 42.3 Å². The van der Waals surface area contributed by atoms with E-state index in [9.17, 15) is 29.2 Å². The van der Waals surface area contributed by atoms with Crippen molar-refractivity contribution in [2.45, 2.75) is 18.4 Å². The molecular weight excluding hydrogens is 377 g/mol. The molecule has 1 aliphatic rings. The highest BCUT2D eigenvalue weighted by Crippen LogP contribution is 2.46. The number of nitrogens with zero attached hydrogens (tertiary/aromatic N) is 1. The fourth-order valence-corrected chi connectivity index (χ4v) is 3.64. The molecule has 1 saturated carbocycles. The Kier molecular flexibility index (Phi) is 5.19. The molecule has 1 heterocycles. The van der Waals surface area contributed by atoms with E-state index in [0.717, 1.165) is 31.0 Å². The van der Waals surface area contributed by atoms with Crippen molar-refractivity contribution in [1.29, 1.82) is 0 Å². The zero-order chi connectivity index (χ0) is 19.6. The van der Waals surface area contributed by atoms with Crippen LogP contribution in [0.2, 0.25) is 0 Å². The number of carbonyl (C=O) groups is 2. The average molecular weight is 393 g/mol. The normalized spacial score (nSPS) is 15.6. The predicted octanol–water partition coefficient (Wildman–Crippen LogP) is 2.15. The Hall–Kier alpha value is -2.85. The average Bonchev–Trinajstić information content (AvgIpc) is 3.35. The Balaban J connectivity index is 1.63. The Labute approximate surface area is 157 Å². The number of nitro groups is 1. The Morgan fingerprint density at radius 2 is 2.07 bits per heavy atom. The van der Waals surface area contributed by atoms with Gasteiger partial charge < -0.3 is 15.7 Å². The summed E-state index contributed by atoms with van der Waals surface area (Å²) in [7, 11) is 0. The maximum Gasteiger partial charge on any atom is 0.313 e. The van der Waals surface area contributed by atoms with Gasteiger partial charge in [-0.2, -0.15) is 4.39 Å². The Bertz CT molecular complexity index is 885. The number of benzene rings is 1. The van der Waals surface area contributed by atoms with E-state index in [4.69, 9.17) is 0 Å². The molecule has 0 aliphatic heterocycles. The third kappa shape index (κ3) is 4.12. The van der Waals surface area contributed by atoms with Crippen LogP contribution < -0.4 is 10.6 Å². The zero-order valence-corrected chi connectivity index (χ0v) is 14.8. The predicted molar refractivity (Wildman–Crippen MR) is 95.6 cm³/mol. The van der Waals surface area contributed by atoms with Gasteiger partial charge in [0, 0.05) is 16.6 Å². The van der Waals surface area contributed by atoms with Gasteiger partial charge in [0.15, 0.2) is 0 Å². The molecule has 3 N–H and O–H groups in total. The van der Waals surface area contributed by atoms with E-state index in [2.05, 4.69) is 10.6 Å². The fourth-order valence-electron chi connectivity index (χ4n) is 2.73. The van der Waals surface area contributed by atoms with Gasteiger partial charge in [-0.3, -0.25) is 19.7 Å². The molecule has 0 saturated heterocycles. The quantitative estimate of drug-likeness (QED) is 0.394. The highest BCUT2D eigenvalue weighted by molar-refractivity contribution is 7.10. The lowest BCUT2D eigenvalue weighted by molar-refractivity contribution is -0.387. The van der Waals surface area contributed by atoms with Crippen molar-refractivity contribution >= 4 is 34.5 Å². The van der Waals surface area contributed by atoms with Crippen LogP contribution in [0.1, 0.15) is 17.7 Å². The summed E-state index contributed by atoms with van der Waals surface area (Å²) in [6, 6.07) is 6.33. The first-order valence-electron chi connectivity index (χ1n) is 8.11. The zero-order valence-electron chi connectivity index (χ0n) is 14.0. The fraction of sp³-hybridized carbons (Fsp3) is 0.294. The minimum absolute atomic E-state index is 0.0132. The van der Waals surface area contributed by atoms with Gasteiger partial charge in [0.1, 0.15) is 5.60 Å². The summed E-state index contributed by atoms with van der Waals surface area (Å²) >= 11 is 1.37. The highest BCUT2D eigenvalue weighted by Gasteiger charge is 2.46. The minimum atomic E-state index is -1.24. The number of anilines is 1. The van der Waals surface area contributed by atoms with E-state index < -0.39 is 33.8 Å². The van der Waals surface area contributed by atoms with Crippen LogP contribution in [0, 0.1) is 21.8 Å². The second-order valence-electron chi connectivity index (χ2n) is 6.24. The molecule has 142 valence electrons. The molecule has 0 bridgehead atoms. The van der Waals surface area contributed by atoms with Crippen LogP contribution in [0.3, 0.4) is 0 Å². The molecule has 0 spiro atoms. The summed E-state index contributed by atoms with van der Waals surface area (Å²) in [4.78, 5) is 34.6. The smallest absolute Gasteiger partial charge is 0.313 e. The molecule has 10 heteroatoms. The lowest BCUT2D eigenvalue weighted by Crippen LogP contribution is -2.45. The lowest BCUT2D eigenvalue weighted by Gasteiger charge is -2.27. The number of hydrogen-bond acceptors (Lipinski definition) is 6. The van der Waals surface area contributed by atoms with E-state index >= 15 is 0 Å². The summed E-state index contributed by atoms with van der Waals surface area (Å²) < 4.78 is 13.3. The molecule has 0 radical (unpaired) electrons. The number of hydrogen-bond donors (Lipinski definition) is 3. The molecule has 8 nitrogen and oxygen atoms in total. The van der Waals surface area contributed by atoms with Crippen molar-refractivity contribution in [3.05, 3.63) is 56.5 Å². The molecule has 1 aromatic carbocycles. The largest absolute Gasteiger partial charge is 0.382 e. The van der Waals surface area contributed by atoms with Crippen LogP contribution in [0.25, 0.3) is 0 Å². The van der Waals surface area contributed by atoms with E-state index in [1.807, 2.05) is 5.38 Å². The van der Waals surface area contributed by atoms with Crippen molar-refractivity contribution in [2.75, 3.05) is 11.9 Å². The summed E-state index contributed by atoms with van der Waals surface area (Å²) in [5.74, 6) is -3.11. The van der Waals surface area contributed by atoms with Gasteiger partial charge in [-0.1, -0.05) is 6.07 Å². The number of rotatable bonds is 6. The number of amides is 2. The van der Waals surface area contributed by atoms with Crippen molar-refractivity contribution in [1.82, 2.24) is 5.32 Å². The Morgan fingerprint density at radius 1 is 1.33 bits per heavy atom. The summed E-state index contributed by atoms with van der Waals surface area (Å²) in [6.07, 6.45) is 1.66. The van der Waals surface area contributed by atoms with Crippen LogP contribution in [0.5, 0.6) is 0 Å². The van der Waals surface area contributed by atoms with E-state index in [0.29, 0.717) is 4.88 Å². The van der Waals surface area contributed by atoms with Gasteiger partial charge in [0.25, 0.3) is 0 Å².